The number of hydrogen-bond acceptors (Lipinski definition) is 5. The summed E-state index contributed by atoms with van der Waals surface area (Å²) < 4.78 is 10.9. The number of nitrogens with zero attached hydrogens (tertiary/aromatic N) is 2. The van der Waals surface area contributed by atoms with Gasteiger partial charge >= 0.3 is 5.97 Å². The second-order valence-corrected chi connectivity index (χ2v) is 7.56. The van der Waals surface area contributed by atoms with Crippen LogP contribution < -0.4 is 9.47 Å². The molecule has 0 fully saturated rings. The van der Waals surface area contributed by atoms with Crippen LogP contribution in [0, 0.1) is 0 Å². The summed E-state index contributed by atoms with van der Waals surface area (Å²) in [5.41, 5.74) is 3.22. The van der Waals surface area contributed by atoms with Crippen molar-refractivity contribution in [2.75, 3.05) is 7.11 Å². The van der Waals surface area contributed by atoms with Crippen molar-refractivity contribution in [3.8, 4) is 11.5 Å². The maximum atomic E-state index is 12.4. The number of para-hydroxylation sites is 1. The first-order chi connectivity index (χ1) is 16.0. The summed E-state index contributed by atoms with van der Waals surface area (Å²) in [6, 6.07) is 24.1. The van der Waals surface area contributed by atoms with Crippen LogP contribution in [0.25, 0.3) is 6.08 Å². The van der Waals surface area contributed by atoms with E-state index in [2.05, 4.69) is 5.10 Å². The number of carbonyl (C=O) groups is 2. The molecule has 6 heteroatoms. The van der Waals surface area contributed by atoms with Gasteiger partial charge in [-0.25, -0.2) is 9.80 Å². The van der Waals surface area contributed by atoms with Crippen LogP contribution in [0.15, 0.2) is 90.0 Å². The quantitative estimate of drug-likeness (QED) is 0.307. The molecule has 0 N–H and O–H groups in total. The number of rotatable bonds is 6. The predicted octanol–water partition coefficient (Wildman–Crippen LogP) is 5.01. The molecule has 33 heavy (non-hydrogen) atoms. The lowest BCUT2D eigenvalue weighted by atomic mass is 9.98. The summed E-state index contributed by atoms with van der Waals surface area (Å²) in [4.78, 5) is 24.8. The second-order valence-electron chi connectivity index (χ2n) is 7.56. The first-order valence-electron chi connectivity index (χ1n) is 10.6. The molecule has 166 valence electrons. The van der Waals surface area contributed by atoms with Gasteiger partial charge in [-0.15, -0.1) is 0 Å². The molecule has 1 atom stereocenters. The van der Waals surface area contributed by atoms with Crippen molar-refractivity contribution in [3.05, 3.63) is 102 Å². The van der Waals surface area contributed by atoms with E-state index in [9.17, 15) is 9.59 Å². The van der Waals surface area contributed by atoms with E-state index in [0.29, 0.717) is 23.4 Å². The molecule has 0 radical (unpaired) electrons. The highest BCUT2D eigenvalue weighted by atomic mass is 16.5. The largest absolute Gasteiger partial charge is 0.497 e. The maximum absolute atomic E-state index is 12.4. The number of hydrazone groups is 1. The molecule has 1 aliphatic rings. The molecule has 1 aliphatic heterocycles. The van der Waals surface area contributed by atoms with Crippen LogP contribution in [0.3, 0.4) is 0 Å². The predicted molar refractivity (Wildman–Crippen MR) is 127 cm³/mol. The molecule has 0 aliphatic carbocycles. The van der Waals surface area contributed by atoms with Crippen LogP contribution in [0.4, 0.5) is 0 Å². The summed E-state index contributed by atoms with van der Waals surface area (Å²) in [6.07, 6.45) is 3.60. The van der Waals surface area contributed by atoms with Crippen molar-refractivity contribution in [2.45, 2.75) is 19.4 Å². The van der Waals surface area contributed by atoms with E-state index in [4.69, 9.17) is 9.47 Å². The maximum Gasteiger partial charge on any atom is 0.336 e. The van der Waals surface area contributed by atoms with Crippen molar-refractivity contribution in [1.29, 1.82) is 0 Å². The van der Waals surface area contributed by atoms with E-state index in [1.165, 1.54) is 18.0 Å². The van der Waals surface area contributed by atoms with E-state index in [1.807, 2.05) is 66.7 Å². The van der Waals surface area contributed by atoms with Crippen LogP contribution in [0.1, 0.15) is 36.1 Å². The fourth-order valence-corrected chi connectivity index (χ4v) is 3.71. The van der Waals surface area contributed by atoms with Crippen LogP contribution in [0.5, 0.6) is 11.5 Å². The third-order valence-corrected chi connectivity index (χ3v) is 5.35. The Morgan fingerprint density at radius 2 is 1.67 bits per heavy atom. The van der Waals surface area contributed by atoms with Gasteiger partial charge in [-0.1, -0.05) is 54.6 Å². The Morgan fingerprint density at radius 3 is 2.36 bits per heavy atom. The van der Waals surface area contributed by atoms with Crippen molar-refractivity contribution >= 4 is 23.7 Å². The monoisotopic (exact) mass is 440 g/mol. The zero-order chi connectivity index (χ0) is 23.2. The number of amides is 1. The van der Waals surface area contributed by atoms with Gasteiger partial charge in [0.25, 0.3) is 0 Å². The topological polar surface area (TPSA) is 68.2 Å². The van der Waals surface area contributed by atoms with Gasteiger partial charge in [0.2, 0.25) is 5.91 Å². The molecule has 0 saturated heterocycles. The Kier molecular flexibility index (Phi) is 6.64. The molecule has 0 saturated carbocycles. The Labute approximate surface area is 192 Å². The average molecular weight is 440 g/mol. The van der Waals surface area contributed by atoms with Crippen molar-refractivity contribution in [3.63, 3.8) is 0 Å². The zero-order valence-corrected chi connectivity index (χ0v) is 18.5. The van der Waals surface area contributed by atoms with Crippen LogP contribution in [-0.4, -0.2) is 29.7 Å². The fourth-order valence-electron chi connectivity index (χ4n) is 3.71. The molecule has 6 nitrogen and oxygen atoms in total. The van der Waals surface area contributed by atoms with Crippen LogP contribution >= 0.6 is 0 Å². The fraction of sp³-hybridized carbons (Fsp3) is 0.148. The van der Waals surface area contributed by atoms with Crippen molar-refractivity contribution in [1.82, 2.24) is 5.01 Å². The minimum atomic E-state index is -0.486. The van der Waals surface area contributed by atoms with E-state index >= 15 is 0 Å². The van der Waals surface area contributed by atoms with Crippen LogP contribution in [-0.2, 0) is 9.59 Å². The lowest BCUT2D eigenvalue weighted by Gasteiger charge is -2.20. The highest BCUT2D eigenvalue weighted by Gasteiger charge is 2.32. The summed E-state index contributed by atoms with van der Waals surface area (Å²) >= 11 is 0. The Bertz CT molecular complexity index is 1200. The van der Waals surface area contributed by atoms with Crippen LogP contribution in [0.2, 0.25) is 0 Å². The first-order valence-corrected chi connectivity index (χ1v) is 10.6. The minimum Gasteiger partial charge on any atom is -0.497 e. The van der Waals surface area contributed by atoms with Crippen molar-refractivity contribution in [2.24, 2.45) is 5.10 Å². The van der Waals surface area contributed by atoms with E-state index in [-0.39, 0.29) is 11.9 Å². The highest BCUT2D eigenvalue weighted by Crippen LogP contribution is 2.35. The second kappa shape index (κ2) is 9.96. The molecule has 4 rings (SSSR count). The number of methoxy groups -OCH3 is 1. The number of hydrogen-bond donors (Lipinski definition) is 0. The lowest BCUT2D eigenvalue weighted by Crippen LogP contribution is -2.24. The number of esters is 1. The van der Waals surface area contributed by atoms with Gasteiger partial charge in [0.1, 0.15) is 11.5 Å². The Morgan fingerprint density at radius 1 is 0.970 bits per heavy atom. The van der Waals surface area contributed by atoms with E-state index in [1.54, 1.807) is 25.3 Å². The summed E-state index contributed by atoms with van der Waals surface area (Å²) in [5, 5.41) is 6.06. The molecule has 0 bridgehead atoms. The van der Waals surface area contributed by atoms with Gasteiger partial charge in [0, 0.05) is 25.0 Å². The first kappa shape index (κ1) is 22.0. The Balaban J connectivity index is 1.56. The minimum absolute atomic E-state index is 0.161. The third kappa shape index (κ3) is 5.18. The van der Waals surface area contributed by atoms with Gasteiger partial charge in [-0.2, -0.15) is 5.10 Å². The Hall–Kier alpha value is -4.19. The lowest BCUT2D eigenvalue weighted by molar-refractivity contribution is -0.131. The molecular weight excluding hydrogens is 416 g/mol. The highest BCUT2D eigenvalue weighted by molar-refractivity contribution is 6.05. The normalized spacial score (nSPS) is 15.4. The molecule has 0 spiro atoms. The smallest absolute Gasteiger partial charge is 0.336 e. The van der Waals surface area contributed by atoms with Crippen molar-refractivity contribution < 1.29 is 19.1 Å². The van der Waals surface area contributed by atoms with Gasteiger partial charge in [-0.05, 0) is 41.5 Å². The number of benzene rings is 3. The van der Waals surface area contributed by atoms with Gasteiger partial charge < -0.3 is 9.47 Å². The van der Waals surface area contributed by atoms with Gasteiger partial charge in [0.05, 0.1) is 18.9 Å². The average Bonchev–Trinajstić information content (AvgIpc) is 3.29. The van der Waals surface area contributed by atoms with E-state index < -0.39 is 5.97 Å². The molecule has 1 amide bonds. The summed E-state index contributed by atoms with van der Waals surface area (Å²) in [5.74, 6) is 0.497. The number of ether oxygens (including phenoxy) is 2. The van der Waals surface area contributed by atoms with E-state index in [0.717, 1.165) is 16.9 Å². The summed E-state index contributed by atoms with van der Waals surface area (Å²) in [6.45, 7) is 1.49. The zero-order valence-electron chi connectivity index (χ0n) is 18.5. The molecule has 0 aromatic heterocycles. The molecule has 0 unspecified atom stereocenters. The SMILES string of the molecule is COc1ccc([C@H]2CC(c3ccccc3OC(=O)/C=C/c3ccccc3)=NN2C(C)=O)cc1. The number of carbonyl (C=O) groups excluding carboxylic acids is 2. The molecule has 1 heterocycles. The molecular formula is C27H24N2O4. The summed E-state index contributed by atoms with van der Waals surface area (Å²) in [7, 11) is 1.61. The third-order valence-electron chi connectivity index (χ3n) is 5.35. The molecule has 3 aromatic rings. The van der Waals surface area contributed by atoms with Gasteiger partial charge in [-0.3, -0.25) is 4.79 Å². The standard InChI is InChI=1S/C27H24N2O4/c1-19(30)29-25(21-13-15-22(32-2)16-14-21)18-24(28-29)23-10-6-7-11-26(23)33-27(31)17-12-20-8-4-3-5-9-20/h3-17,25H,18H2,1-2H3/b17-12+/t25-/m1/s1. The van der Waals surface area contributed by atoms with Gasteiger partial charge in [0.15, 0.2) is 0 Å². The molecule has 3 aromatic carbocycles.